The molecule has 2 aromatic carbocycles. The molecular formula is C21H26ClN. The molecule has 122 valence electrons. The van der Waals surface area contributed by atoms with Crippen LogP contribution in [0.3, 0.4) is 0 Å². The molecule has 0 amide bonds. The molecule has 0 heterocycles. The number of rotatable bonds is 2. The standard InChI is InChI=1S/C21H26ClN/c1-19(2)15-12-11-14(23-18-10-8-7-9-17(18)22)13-16(15)20(3,4)21(19,5)6/h7-13,23H,1-6H3. The number of fused-ring (bicyclic) bond motifs is 1. The molecule has 2 aromatic rings. The lowest BCUT2D eigenvalue weighted by Crippen LogP contribution is -2.42. The number of hydrogen-bond acceptors (Lipinski definition) is 1. The monoisotopic (exact) mass is 327 g/mol. The molecule has 0 bridgehead atoms. The molecule has 2 heteroatoms. The van der Waals surface area contributed by atoms with Crippen molar-refractivity contribution in [1.82, 2.24) is 0 Å². The molecule has 1 aliphatic carbocycles. The van der Waals surface area contributed by atoms with E-state index in [2.05, 4.69) is 65.1 Å². The highest BCUT2D eigenvalue weighted by atomic mass is 35.5. The summed E-state index contributed by atoms with van der Waals surface area (Å²) in [4.78, 5) is 0. The molecule has 1 N–H and O–H groups in total. The Kier molecular flexibility index (Phi) is 3.57. The first-order chi connectivity index (χ1) is 10.6. The third kappa shape index (κ3) is 2.21. The lowest BCUT2D eigenvalue weighted by Gasteiger charge is -2.44. The molecule has 0 atom stereocenters. The molecule has 1 aliphatic rings. The first-order valence-electron chi connectivity index (χ1n) is 8.25. The smallest absolute Gasteiger partial charge is 0.0640 e. The average Bonchev–Trinajstić information content (AvgIpc) is 2.58. The van der Waals surface area contributed by atoms with E-state index in [1.807, 2.05) is 24.3 Å². The lowest BCUT2D eigenvalue weighted by molar-refractivity contribution is 0.125. The Morgan fingerprint density at radius 3 is 2.04 bits per heavy atom. The second-order valence-corrected chi connectivity index (χ2v) is 8.65. The summed E-state index contributed by atoms with van der Waals surface area (Å²) in [5, 5.41) is 4.21. The van der Waals surface area contributed by atoms with E-state index < -0.39 is 0 Å². The fourth-order valence-electron chi connectivity index (χ4n) is 3.86. The van der Waals surface area contributed by atoms with Gasteiger partial charge >= 0.3 is 0 Å². The Morgan fingerprint density at radius 1 is 0.783 bits per heavy atom. The van der Waals surface area contributed by atoms with E-state index in [0.29, 0.717) is 0 Å². The minimum absolute atomic E-state index is 0.115. The van der Waals surface area contributed by atoms with Crippen LogP contribution in [0.15, 0.2) is 42.5 Å². The molecule has 0 fully saturated rings. The summed E-state index contributed by atoms with van der Waals surface area (Å²) in [5.74, 6) is 0. The summed E-state index contributed by atoms with van der Waals surface area (Å²) in [6, 6.07) is 14.6. The first kappa shape index (κ1) is 16.4. The average molecular weight is 328 g/mol. The van der Waals surface area contributed by atoms with Crippen LogP contribution in [-0.2, 0) is 10.8 Å². The van der Waals surface area contributed by atoms with Gasteiger partial charge in [0.05, 0.1) is 10.7 Å². The van der Waals surface area contributed by atoms with Gasteiger partial charge in [0.1, 0.15) is 0 Å². The molecule has 1 nitrogen and oxygen atoms in total. The molecule has 0 spiro atoms. The summed E-state index contributed by atoms with van der Waals surface area (Å²) in [6.45, 7) is 14.2. The van der Waals surface area contributed by atoms with Crippen LogP contribution >= 0.6 is 11.6 Å². The van der Waals surface area contributed by atoms with E-state index >= 15 is 0 Å². The number of halogens is 1. The van der Waals surface area contributed by atoms with Crippen LogP contribution in [0.4, 0.5) is 11.4 Å². The molecule has 0 radical (unpaired) electrons. The van der Waals surface area contributed by atoms with Gasteiger partial charge < -0.3 is 5.32 Å². The zero-order valence-electron chi connectivity index (χ0n) is 14.9. The second kappa shape index (κ2) is 5.01. The van der Waals surface area contributed by atoms with Crippen LogP contribution in [0.25, 0.3) is 0 Å². The van der Waals surface area contributed by atoms with E-state index in [9.17, 15) is 0 Å². The predicted molar refractivity (Wildman–Crippen MR) is 101 cm³/mol. The van der Waals surface area contributed by atoms with Crippen LogP contribution in [-0.4, -0.2) is 0 Å². The largest absolute Gasteiger partial charge is 0.354 e. The van der Waals surface area contributed by atoms with Crippen LogP contribution in [0.1, 0.15) is 52.7 Å². The van der Waals surface area contributed by atoms with Gasteiger partial charge in [-0.1, -0.05) is 71.3 Å². The highest BCUT2D eigenvalue weighted by molar-refractivity contribution is 6.33. The van der Waals surface area contributed by atoms with Crippen LogP contribution < -0.4 is 5.32 Å². The van der Waals surface area contributed by atoms with Crippen molar-refractivity contribution in [2.75, 3.05) is 5.32 Å². The number of hydrogen-bond donors (Lipinski definition) is 1. The highest BCUT2D eigenvalue weighted by Crippen LogP contribution is 2.61. The summed E-state index contributed by atoms with van der Waals surface area (Å²) in [7, 11) is 0. The Morgan fingerprint density at radius 2 is 1.39 bits per heavy atom. The topological polar surface area (TPSA) is 12.0 Å². The van der Waals surface area contributed by atoms with E-state index in [1.165, 1.54) is 11.1 Å². The highest BCUT2D eigenvalue weighted by Gasteiger charge is 2.56. The molecular weight excluding hydrogens is 302 g/mol. The van der Waals surface area contributed by atoms with Crippen molar-refractivity contribution in [1.29, 1.82) is 0 Å². The number of nitrogens with one attached hydrogen (secondary N) is 1. The van der Waals surface area contributed by atoms with Crippen LogP contribution in [0.5, 0.6) is 0 Å². The molecule has 0 saturated carbocycles. The molecule has 0 aliphatic heterocycles. The van der Waals surface area contributed by atoms with Gasteiger partial charge in [0.2, 0.25) is 0 Å². The van der Waals surface area contributed by atoms with Gasteiger partial charge in [-0.15, -0.1) is 0 Å². The van der Waals surface area contributed by atoms with Gasteiger partial charge in [-0.3, -0.25) is 0 Å². The summed E-state index contributed by atoms with van der Waals surface area (Å²) >= 11 is 6.28. The predicted octanol–water partition coefficient (Wildman–Crippen LogP) is 6.68. The van der Waals surface area contributed by atoms with Crippen molar-refractivity contribution < 1.29 is 0 Å². The minimum atomic E-state index is 0.115. The van der Waals surface area contributed by atoms with E-state index in [1.54, 1.807) is 0 Å². The van der Waals surface area contributed by atoms with Crippen molar-refractivity contribution in [3.05, 3.63) is 58.6 Å². The minimum Gasteiger partial charge on any atom is -0.354 e. The van der Waals surface area contributed by atoms with E-state index in [4.69, 9.17) is 11.6 Å². The molecule has 0 saturated heterocycles. The van der Waals surface area contributed by atoms with Crippen molar-refractivity contribution in [3.8, 4) is 0 Å². The van der Waals surface area contributed by atoms with Crippen LogP contribution in [0.2, 0.25) is 5.02 Å². The van der Waals surface area contributed by atoms with E-state index in [-0.39, 0.29) is 16.2 Å². The Balaban J connectivity index is 2.07. The van der Waals surface area contributed by atoms with Gasteiger partial charge in [-0.2, -0.15) is 0 Å². The van der Waals surface area contributed by atoms with Gasteiger partial charge in [0.25, 0.3) is 0 Å². The molecule has 23 heavy (non-hydrogen) atoms. The molecule has 0 aromatic heterocycles. The maximum Gasteiger partial charge on any atom is 0.0640 e. The Hall–Kier alpha value is -1.47. The summed E-state index contributed by atoms with van der Waals surface area (Å²) in [5.41, 5.74) is 5.38. The third-order valence-electron chi connectivity index (χ3n) is 6.64. The van der Waals surface area contributed by atoms with Crippen molar-refractivity contribution in [2.45, 2.75) is 52.4 Å². The fraction of sp³-hybridized carbons (Fsp3) is 0.429. The van der Waals surface area contributed by atoms with Gasteiger partial charge in [0.15, 0.2) is 0 Å². The first-order valence-corrected chi connectivity index (χ1v) is 8.63. The van der Waals surface area contributed by atoms with Gasteiger partial charge in [-0.25, -0.2) is 0 Å². The molecule has 3 rings (SSSR count). The maximum atomic E-state index is 6.28. The van der Waals surface area contributed by atoms with Crippen molar-refractivity contribution in [2.24, 2.45) is 5.41 Å². The van der Waals surface area contributed by atoms with E-state index in [0.717, 1.165) is 16.4 Å². The maximum absolute atomic E-state index is 6.28. The number of benzene rings is 2. The lowest BCUT2D eigenvalue weighted by atomic mass is 9.59. The van der Waals surface area contributed by atoms with Gasteiger partial charge in [-0.05, 0) is 51.6 Å². The third-order valence-corrected chi connectivity index (χ3v) is 6.97. The summed E-state index contributed by atoms with van der Waals surface area (Å²) < 4.78 is 0. The SMILES string of the molecule is CC1(C)c2ccc(Nc3ccccc3Cl)cc2C(C)(C)C1(C)C. The molecule has 0 unspecified atom stereocenters. The number of para-hydroxylation sites is 1. The summed E-state index contributed by atoms with van der Waals surface area (Å²) in [6.07, 6.45) is 0. The quantitative estimate of drug-likeness (QED) is 0.648. The zero-order valence-corrected chi connectivity index (χ0v) is 15.7. The van der Waals surface area contributed by atoms with Crippen molar-refractivity contribution in [3.63, 3.8) is 0 Å². The second-order valence-electron chi connectivity index (χ2n) is 8.24. The Labute approximate surface area is 145 Å². The Bertz CT molecular complexity index is 756. The fourth-order valence-corrected chi connectivity index (χ4v) is 4.04. The van der Waals surface area contributed by atoms with Crippen molar-refractivity contribution >= 4 is 23.0 Å². The zero-order chi connectivity index (χ0) is 17.0. The normalized spacial score (nSPS) is 20.1. The van der Waals surface area contributed by atoms with Gasteiger partial charge in [0, 0.05) is 5.69 Å². The van der Waals surface area contributed by atoms with Crippen LogP contribution in [0, 0.1) is 5.41 Å². The number of anilines is 2.